The summed E-state index contributed by atoms with van der Waals surface area (Å²) in [6.45, 7) is 11.4. The summed E-state index contributed by atoms with van der Waals surface area (Å²) in [6, 6.07) is 6.57. The third-order valence-electron chi connectivity index (χ3n) is 7.11. The molecule has 0 N–H and O–H groups in total. The predicted octanol–water partition coefficient (Wildman–Crippen LogP) is 4.35. The van der Waals surface area contributed by atoms with Gasteiger partial charge in [-0.15, -0.1) is 0 Å². The van der Waals surface area contributed by atoms with Crippen LogP contribution in [0.1, 0.15) is 67.9 Å². The summed E-state index contributed by atoms with van der Waals surface area (Å²) in [6.07, 6.45) is 5.01. The summed E-state index contributed by atoms with van der Waals surface area (Å²) in [5, 5.41) is 0. The van der Waals surface area contributed by atoms with E-state index in [0.717, 1.165) is 31.0 Å². The normalized spacial score (nSPS) is 32.7. The molecule has 2 aliphatic carbocycles. The van der Waals surface area contributed by atoms with Crippen LogP contribution in [0.15, 0.2) is 18.2 Å². The highest BCUT2D eigenvalue weighted by atomic mass is 16.1. The summed E-state index contributed by atoms with van der Waals surface area (Å²) in [7, 11) is 0. The molecule has 4 rings (SSSR count). The fourth-order valence-corrected chi connectivity index (χ4v) is 5.55. The smallest absolute Gasteiger partial charge is 0.180 e. The third kappa shape index (κ3) is 2.00. The number of fused-ring (bicyclic) bond motifs is 4. The Labute approximate surface area is 140 Å². The molecule has 2 nitrogen and oxygen atoms in total. The lowest BCUT2D eigenvalue weighted by Crippen LogP contribution is -2.67. The fraction of sp³-hybridized carbons (Fsp3) is 0.667. The van der Waals surface area contributed by atoms with E-state index in [9.17, 15) is 4.79 Å². The molecule has 1 saturated heterocycles. The molecule has 2 atom stereocenters. The lowest BCUT2D eigenvalue weighted by atomic mass is 9.48. The lowest BCUT2D eigenvalue weighted by molar-refractivity contribution is -0.0345. The number of carbonyl (C=O) groups is 1. The topological polar surface area (TPSA) is 20.3 Å². The zero-order chi connectivity index (χ0) is 16.4. The van der Waals surface area contributed by atoms with Crippen molar-refractivity contribution in [3.05, 3.63) is 34.9 Å². The lowest BCUT2D eigenvalue weighted by Gasteiger charge is -2.61. The van der Waals surface area contributed by atoms with Crippen LogP contribution < -0.4 is 0 Å². The molecular weight excluding hydrogens is 282 g/mol. The maximum absolute atomic E-state index is 13.4. The summed E-state index contributed by atoms with van der Waals surface area (Å²) >= 11 is 0. The van der Waals surface area contributed by atoms with Crippen molar-refractivity contribution >= 4 is 5.78 Å². The van der Waals surface area contributed by atoms with Gasteiger partial charge in [0.2, 0.25) is 0 Å². The van der Waals surface area contributed by atoms with Gasteiger partial charge in [0.25, 0.3) is 0 Å². The number of piperidine rings is 1. The van der Waals surface area contributed by atoms with Gasteiger partial charge in [0.15, 0.2) is 5.78 Å². The van der Waals surface area contributed by atoms with E-state index in [0.29, 0.717) is 5.78 Å². The first-order chi connectivity index (χ1) is 10.9. The average molecular weight is 311 g/mol. The standard InChI is InChI=1S/C21H29NO/c1-5-21-10-11-22(13-15-7-8-15)19(20(21,3)4)18(23)16-9-6-14(2)12-17(16)21/h6,9,12,15,19H,5,7-8,10-11,13H2,1-4H3. The Bertz CT molecular complexity index is 658. The largest absolute Gasteiger partial charge is 0.292 e. The van der Waals surface area contributed by atoms with Crippen molar-refractivity contribution in [1.82, 2.24) is 4.90 Å². The molecule has 1 aliphatic heterocycles. The van der Waals surface area contributed by atoms with E-state index in [1.807, 2.05) is 0 Å². The molecule has 0 amide bonds. The van der Waals surface area contributed by atoms with E-state index in [1.54, 1.807) is 0 Å². The van der Waals surface area contributed by atoms with Crippen molar-refractivity contribution in [1.29, 1.82) is 0 Å². The zero-order valence-electron chi connectivity index (χ0n) is 15.0. The summed E-state index contributed by atoms with van der Waals surface area (Å²) in [5.74, 6) is 1.21. The summed E-state index contributed by atoms with van der Waals surface area (Å²) in [4.78, 5) is 15.9. The van der Waals surface area contributed by atoms with Gasteiger partial charge in [-0.25, -0.2) is 0 Å². The van der Waals surface area contributed by atoms with E-state index in [4.69, 9.17) is 0 Å². The number of Topliss-reactive ketones (excluding diaryl/α,β-unsaturated/α-hetero) is 1. The van der Waals surface area contributed by atoms with Crippen LogP contribution in [0.5, 0.6) is 0 Å². The maximum Gasteiger partial charge on any atom is 0.180 e. The predicted molar refractivity (Wildman–Crippen MR) is 94.0 cm³/mol. The van der Waals surface area contributed by atoms with E-state index in [1.165, 1.54) is 30.4 Å². The first kappa shape index (κ1) is 15.4. The first-order valence-corrected chi connectivity index (χ1v) is 9.30. The Kier molecular flexibility index (Phi) is 3.29. The van der Waals surface area contributed by atoms with Gasteiger partial charge in [-0.3, -0.25) is 9.69 Å². The molecule has 2 heteroatoms. The van der Waals surface area contributed by atoms with Crippen molar-refractivity contribution in [2.75, 3.05) is 13.1 Å². The number of nitrogens with zero attached hydrogens (tertiary/aromatic N) is 1. The second-order valence-electron chi connectivity index (χ2n) is 8.66. The molecule has 3 aliphatic rings. The van der Waals surface area contributed by atoms with Crippen molar-refractivity contribution in [3.8, 4) is 0 Å². The average Bonchev–Trinajstić information content (AvgIpc) is 3.29. The molecule has 1 saturated carbocycles. The van der Waals surface area contributed by atoms with E-state index >= 15 is 0 Å². The molecule has 0 radical (unpaired) electrons. The van der Waals surface area contributed by atoms with Crippen LogP contribution in [0.25, 0.3) is 0 Å². The minimum atomic E-state index is 0.00671. The van der Waals surface area contributed by atoms with Gasteiger partial charge in [-0.1, -0.05) is 44.5 Å². The van der Waals surface area contributed by atoms with Gasteiger partial charge >= 0.3 is 0 Å². The molecule has 1 aromatic carbocycles. The molecule has 124 valence electrons. The molecule has 1 aromatic rings. The second-order valence-corrected chi connectivity index (χ2v) is 8.66. The van der Waals surface area contributed by atoms with Gasteiger partial charge < -0.3 is 0 Å². The number of carbonyl (C=O) groups excluding carboxylic acids is 1. The maximum atomic E-state index is 13.4. The monoisotopic (exact) mass is 311 g/mol. The van der Waals surface area contributed by atoms with Crippen LogP contribution in [0.3, 0.4) is 0 Å². The molecule has 1 heterocycles. The molecular formula is C21H29NO. The van der Waals surface area contributed by atoms with E-state index in [2.05, 4.69) is 50.8 Å². The van der Waals surface area contributed by atoms with Gasteiger partial charge in [0.1, 0.15) is 0 Å². The molecule has 0 spiro atoms. The highest BCUT2D eigenvalue weighted by molar-refractivity contribution is 6.04. The third-order valence-corrected chi connectivity index (χ3v) is 7.11. The number of likely N-dealkylation sites (tertiary alicyclic amines) is 1. The Morgan fingerprint density at radius 2 is 2.00 bits per heavy atom. The van der Waals surface area contributed by atoms with Crippen LogP contribution in [0.4, 0.5) is 0 Å². The SMILES string of the molecule is CCC12CCN(CC3CC3)C(C(=O)c3ccc(C)cc31)C2(C)C. The molecule has 2 bridgehead atoms. The van der Waals surface area contributed by atoms with Crippen LogP contribution in [0.2, 0.25) is 0 Å². The fourth-order valence-electron chi connectivity index (χ4n) is 5.55. The van der Waals surface area contributed by atoms with Crippen molar-refractivity contribution in [3.63, 3.8) is 0 Å². The molecule has 2 unspecified atom stereocenters. The minimum Gasteiger partial charge on any atom is -0.292 e. The molecule has 2 fully saturated rings. The highest BCUT2D eigenvalue weighted by Crippen LogP contribution is 2.58. The molecule has 23 heavy (non-hydrogen) atoms. The van der Waals surface area contributed by atoms with Crippen LogP contribution >= 0.6 is 0 Å². The van der Waals surface area contributed by atoms with Crippen LogP contribution in [-0.4, -0.2) is 29.8 Å². The van der Waals surface area contributed by atoms with Gasteiger partial charge in [0, 0.05) is 17.5 Å². The van der Waals surface area contributed by atoms with Gasteiger partial charge in [-0.2, -0.15) is 0 Å². The number of benzene rings is 1. The Balaban J connectivity index is 1.88. The molecule has 0 aromatic heterocycles. The summed E-state index contributed by atoms with van der Waals surface area (Å²) < 4.78 is 0. The Morgan fingerprint density at radius 1 is 1.26 bits per heavy atom. The number of rotatable bonds is 3. The van der Waals surface area contributed by atoms with Crippen LogP contribution in [0, 0.1) is 18.3 Å². The van der Waals surface area contributed by atoms with Crippen molar-refractivity contribution in [2.24, 2.45) is 11.3 Å². The number of hydrogen-bond donors (Lipinski definition) is 0. The van der Waals surface area contributed by atoms with E-state index in [-0.39, 0.29) is 16.9 Å². The minimum absolute atomic E-state index is 0.00671. The quantitative estimate of drug-likeness (QED) is 0.827. The van der Waals surface area contributed by atoms with Gasteiger partial charge in [0.05, 0.1) is 6.04 Å². The number of aryl methyl sites for hydroxylation is 1. The van der Waals surface area contributed by atoms with Gasteiger partial charge in [-0.05, 0) is 56.0 Å². The Hall–Kier alpha value is -1.15. The number of ketones is 1. The van der Waals surface area contributed by atoms with Crippen molar-refractivity contribution in [2.45, 2.75) is 64.8 Å². The Morgan fingerprint density at radius 3 is 2.65 bits per heavy atom. The van der Waals surface area contributed by atoms with E-state index < -0.39 is 0 Å². The highest BCUT2D eigenvalue weighted by Gasteiger charge is 2.60. The van der Waals surface area contributed by atoms with Crippen molar-refractivity contribution < 1.29 is 4.79 Å². The first-order valence-electron chi connectivity index (χ1n) is 9.30. The zero-order valence-corrected chi connectivity index (χ0v) is 15.0. The summed E-state index contributed by atoms with van der Waals surface area (Å²) in [5.41, 5.74) is 3.76. The second kappa shape index (κ2) is 4.92. The number of hydrogen-bond acceptors (Lipinski definition) is 2. The van der Waals surface area contributed by atoms with Crippen LogP contribution in [-0.2, 0) is 5.41 Å².